The molecule has 94 valence electrons. The fourth-order valence-electron chi connectivity index (χ4n) is 1.72. The van der Waals surface area contributed by atoms with Gasteiger partial charge in [0.05, 0.1) is 11.1 Å². The summed E-state index contributed by atoms with van der Waals surface area (Å²) in [5.41, 5.74) is 1.20. The molecule has 2 rings (SSSR count). The lowest BCUT2D eigenvalue weighted by atomic mass is 10.0. The summed E-state index contributed by atoms with van der Waals surface area (Å²) in [6.07, 6.45) is -0.512. The Hall–Kier alpha value is -0.650. The molecule has 0 aliphatic heterocycles. The highest BCUT2D eigenvalue weighted by Gasteiger charge is 2.13. The van der Waals surface area contributed by atoms with Gasteiger partial charge in [0.15, 0.2) is 0 Å². The minimum atomic E-state index is -0.727. The predicted molar refractivity (Wildman–Crippen MR) is 79.2 cm³/mol. The average molecular weight is 377 g/mol. The van der Waals surface area contributed by atoms with Crippen molar-refractivity contribution >= 4 is 34.2 Å². The third-order valence-electron chi connectivity index (χ3n) is 2.70. The van der Waals surface area contributed by atoms with Crippen molar-refractivity contribution in [1.82, 2.24) is 0 Å². The van der Waals surface area contributed by atoms with E-state index in [1.165, 1.54) is 6.07 Å². The average Bonchev–Trinajstić information content (AvgIpc) is 2.36. The Morgan fingerprint density at radius 3 is 2.50 bits per heavy atom. The minimum absolute atomic E-state index is 0.0855. The SMILES string of the molecule is OC(Cc1cccc(Cl)c1F)c1ccc(I)cc1. The van der Waals surface area contributed by atoms with Crippen molar-refractivity contribution in [3.05, 3.63) is 68.0 Å². The van der Waals surface area contributed by atoms with E-state index >= 15 is 0 Å². The summed E-state index contributed by atoms with van der Waals surface area (Å²) >= 11 is 7.90. The summed E-state index contributed by atoms with van der Waals surface area (Å²) in [6, 6.07) is 12.3. The maximum Gasteiger partial charge on any atom is 0.145 e. The Kier molecular flexibility index (Phi) is 4.59. The first kappa shape index (κ1) is 13.8. The zero-order valence-electron chi connectivity index (χ0n) is 9.41. The molecule has 0 aliphatic rings. The molecule has 0 bridgehead atoms. The first-order valence-corrected chi connectivity index (χ1v) is 6.90. The van der Waals surface area contributed by atoms with Crippen LogP contribution in [-0.4, -0.2) is 5.11 Å². The molecule has 0 heterocycles. The molecule has 1 N–H and O–H groups in total. The van der Waals surface area contributed by atoms with Crippen molar-refractivity contribution in [2.75, 3.05) is 0 Å². The van der Waals surface area contributed by atoms with E-state index < -0.39 is 11.9 Å². The zero-order chi connectivity index (χ0) is 13.1. The molecule has 0 saturated heterocycles. The van der Waals surface area contributed by atoms with Gasteiger partial charge in [-0.1, -0.05) is 35.9 Å². The number of halogens is 3. The highest BCUT2D eigenvalue weighted by molar-refractivity contribution is 14.1. The molecule has 0 aliphatic carbocycles. The lowest BCUT2D eigenvalue weighted by Crippen LogP contribution is -2.03. The fourth-order valence-corrected chi connectivity index (χ4v) is 2.27. The van der Waals surface area contributed by atoms with Gasteiger partial charge in [0, 0.05) is 9.99 Å². The molecule has 0 fully saturated rings. The molecule has 1 nitrogen and oxygen atoms in total. The van der Waals surface area contributed by atoms with E-state index in [0.29, 0.717) is 5.56 Å². The molecular weight excluding hydrogens is 366 g/mol. The van der Waals surface area contributed by atoms with Crippen LogP contribution in [0.5, 0.6) is 0 Å². The third kappa shape index (κ3) is 3.22. The highest BCUT2D eigenvalue weighted by Crippen LogP contribution is 2.24. The van der Waals surface area contributed by atoms with E-state index in [1.807, 2.05) is 24.3 Å². The van der Waals surface area contributed by atoms with Gasteiger partial charge in [-0.05, 0) is 51.9 Å². The van der Waals surface area contributed by atoms with Gasteiger partial charge in [-0.25, -0.2) is 4.39 Å². The molecule has 0 saturated carbocycles. The van der Waals surface area contributed by atoms with E-state index in [0.717, 1.165) is 9.13 Å². The van der Waals surface area contributed by atoms with Gasteiger partial charge in [-0.15, -0.1) is 0 Å². The molecule has 4 heteroatoms. The van der Waals surface area contributed by atoms with Gasteiger partial charge >= 0.3 is 0 Å². The van der Waals surface area contributed by atoms with Crippen molar-refractivity contribution in [2.45, 2.75) is 12.5 Å². The van der Waals surface area contributed by atoms with Crippen LogP contribution in [0.15, 0.2) is 42.5 Å². The zero-order valence-corrected chi connectivity index (χ0v) is 12.3. The number of aliphatic hydroxyl groups excluding tert-OH is 1. The smallest absolute Gasteiger partial charge is 0.145 e. The van der Waals surface area contributed by atoms with Crippen LogP contribution in [0.25, 0.3) is 0 Å². The summed E-state index contributed by atoms with van der Waals surface area (Å²) in [4.78, 5) is 0. The number of hydrogen-bond acceptors (Lipinski definition) is 1. The number of hydrogen-bond donors (Lipinski definition) is 1. The van der Waals surface area contributed by atoms with E-state index in [4.69, 9.17) is 11.6 Å². The number of benzene rings is 2. The Labute approximate surface area is 124 Å². The lowest BCUT2D eigenvalue weighted by molar-refractivity contribution is 0.177. The maximum absolute atomic E-state index is 13.7. The Balaban J connectivity index is 2.18. The molecule has 0 amide bonds. The molecular formula is C14H11ClFIO. The van der Waals surface area contributed by atoms with Crippen molar-refractivity contribution in [3.63, 3.8) is 0 Å². The van der Waals surface area contributed by atoms with Crippen molar-refractivity contribution in [3.8, 4) is 0 Å². The first-order valence-electron chi connectivity index (χ1n) is 5.44. The van der Waals surface area contributed by atoms with Crippen molar-refractivity contribution < 1.29 is 9.50 Å². The number of aliphatic hydroxyl groups is 1. The van der Waals surface area contributed by atoms with Crippen LogP contribution in [0.1, 0.15) is 17.2 Å². The second-order valence-electron chi connectivity index (χ2n) is 3.98. The summed E-state index contributed by atoms with van der Waals surface area (Å²) in [6.45, 7) is 0. The van der Waals surface area contributed by atoms with Gasteiger partial charge < -0.3 is 5.11 Å². The second kappa shape index (κ2) is 5.99. The largest absolute Gasteiger partial charge is 0.388 e. The summed E-state index contributed by atoms with van der Waals surface area (Å²) in [5.74, 6) is -0.455. The summed E-state index contributed by atoms with van der Waals surface area (Å²) in [7, 11) is 0. The van der Waals surface area contributed by atoms with E-state index in [9.17, 15) is 9.50 Å². The van der Waals surface area contributed by atoms with Crippen LogP contribution in [0.2, 0.25) is 5.02 Å². The first-order chi connectivity index (χ1) is 8.58. The van der Waals surface area contributed by atoms with Gasteiger partial charge in [-0.3, -0.25) is 0 Å². The molecule has 0 radical (unpaired) electrons. The van der Waals surface area contributed by atoms with Crippen LogP contribution < -0.4 is 0 Å². The molecule has 1 atom stereocenters. The quantitative estimate of drug-likeness (QED) is 0.789. The van der Waals surface area contributed by atoms with Gasteiger partial charge in [0.2, 0.25) is 0 Å². The Bertz CT molecular complexity index is 542. The van der Waals surface area contributed by atoms with Crippen molar-refractivity contribution in [2.24, 2.45) is 0 Å². The molecule has 0 aromatic heterocycles. The van der Waals surface area contributed by atoms with Crippen LogP contribution in [0.4, 0.5) is 4.39 Å². The summed E-state index contributed by atoms with van der Waals surface area (Å²) < 4.78 is 14.8. The number of rotatable bonds is 3. The van der Waals surface area contributed by atoms with Gasteiger partial charge in [0.1, 0.15) is 5.82 Å². The van der Waals surface area contributed by atoms with E-state index in [-0.39, 0.29) is 11.4 Å². The Morgan fingerprint density at radius 1 is 1.17 bits per heavy atom. The van der Waals surface area contributed by atoms with Crippen LogP contribution in [0.3, 0.4) is 0 Å². The molecule has 2 aromatic rings. The van der Waals surface area contributed by atoms with Crippen molar-refractivity contribution in [1.29, 1.82) is 0 Å². The molecule has 18 heavy (non-hydrogen) atoms. The second-order valence-corrected chi connectivity index (χ2v) is 5.64. The predicted octanol–water partition coefficient (Wildman–Crippen LogP) is 4.36. The van der Waals surface area contributed by atoms with E-state index in [1.54, 1.807) is 12.1 Å². The maximum atomic E-state index is 13.7. The third-order valence-corrected chi connectivity index (χ3v) is 3.71. The van der Waals surface area contributed by atoms with Crippen LogP contribution in [-0.2, 0) is 6.42 Å². The van der Waals surface area contributed by atoms with Crippen LogP contribution >= 0.6 is 34.2 Å². The molecule has 0 spiro atoms. The van der Waals surface area contributed by atoms with E-state index in [2.05, 4.69) is 22.6 Å². The highest BCUT2D eigenvalue weighted by atomic mass is 127. The Morgan fingerprint density at radius 2 is 1.83 bits per heavy atom. The lowest BCUT2D eigenvalue weighted by Gasteiger charge is -2.12. The molecule has 1 unspecified atom stereocenters. The topological polar surface area (TPSA) is 20.2 Å². The monoisotopic (exact) mass is 376 g/mol. The normalized spacial score (nSPS) is 12.4. The molecule has 2 aromatic carbocycles. The summed E-state index contributed by atoms with van der Waals surface area (Å²) in [5, 5.41) is 10.2. The standard InChI is InChI=1S/C14H11ClFIO/c15-12-3-1-2-10(14(12)16)8-13(18)9-4-6-11(17)7-5-9/h1-7,13,18H,8H2. The van der Waals surface area contributed by atoms with Crippen LogP contribution in [0, 0.1) is 9.39 Å². The van der Waals surface area contributed by atoms with Gasteiger partial charge in [0.25, 0.3) is 0 Å². The van der Waals surface area contributed by atoms with Gasteiger partial charge in [-0.2, -0.15) is 0 Å². The minimum Gasteiger partial charge on any atom is -0.388 e. The fraction of sp³-hybridized carbons (Fsp3) is 0.143.